The van der Waals surface area contributed by atoms with Gasteiger partial charge in [-0.25, -0.2) is 0 Å². The lowest BCUT2D eigenvalue weighted by Gasteiger charge is -2.29. The fraction of sp³-hybridized carbons (Fsp3) is 0.103. The predicted molar refractivity (Wildman–Crippen MR) is 263 cm³/mol. The molecule has 2 aromatic heterocycles. The molecule has 1 aliphatic carbocycles. The maximum atomic E-state index is 2.50. The summed E-state index contributed by atoms with van der Waals surface area (Å²) in [5, 5.41) is 7.84. The van der Waals surface area contributed by atoms with Gasteiger partial charge in [0.05, 0.1) is 16.7 Å². The van der Waals surface area contributed by atoms with Crippen molar-refractivity contribution in [2.75, 3.05) is 4.90 Å². The SMILES string of the molecule is c1ccc(-n2c3ccccc3c3cc(N(c4ccc(-c5cccc6c5sc5ccccc56)cc4)c4ccccc4-c4cccc5cccc(C6CCCCC6)c45)ccc32)cc1. The molecule has 2 nitrogen and oxygen atoms in total. The molecule has 1 fully saturated rings. The minimum Gasteiger partial charge on any atom is -0.310 e. The molecule has 0 N–H and O–H groups in total. The molecule has 0 unspecified atom stereocenters. The molecule has 0 saturated heterocycles. The van der Waals surface area contributed by atoms with Gasteiger partial charge in [-0.1, -0.05) is 159 Å². The maximum absolute atomic E-state index is 2.50. The van der Waals surface area contributed by atoms with Crippen molar-refractivity contribution < 1.29 is 0 Å². The Morgan fingerprint density at radius 3 is 1.98 bits per heavy atom. The van der Waals surface area contributed by atoms with E-state index in [0.29, 0.717) is 5.92 Å². The van der Waals surface area contributed by atoms with Crippen molar-refractivity contribution in [3.05, 3.63) is 206 Å². The van der Waals surface area contributed by atoms with Crippen LogP contribution in [0.5, 0.6) is 0 Å². The summed E-state index contributed by atoms with van der Waals surface area (Å²) in [6.07, 6.45) is 6.49. The van der Waals surface area contributed by atoms with Crippen molar-refractivity contribution in [2.45, 2.75) is 38.0 Å². The zero-order valence-electron chi connectivity index (χ0n) is 34.0. The van der Waals surface area contributed by atoms with Gasteiger partial charge in [0.25, 0.3) is 0 Å². The summed E-state index contributed by atoms with van der Waals surface area (Å²) >= 11 is 1.89. The van der Waals surface area contributed by atoms with Crippen LogP contribution >= 0.6 is 11.3 Å². The van der Waals surface area contributed by atoms with Crippen LogP contribution in [-0.2, 0) is 0 Å². The molecule has 0 atom stereocenters. The first kappa shape index (κ1) is 36.0. The van der Waals surface area contributed by atoms with Gasteiger partial charge in [0.15, 0.2) is 0 Å². The van der Waals surface area contributed by atoms with Gasteiger partial charge in [-0.3, -0.25) is 0 Å². The van der Waals surface area contributed by atoms with Crippen molar-refractivity contribution in [2.24, 2.45) is 0 Å². The summed E-state index contributed by atoms with van der Waals surface area (Å²) in [5.74, 6) is 0.587. The van der Waals surface area contributed by atoms with Crippen molar-refractivity contribution >= 4 is 81.1 Å². The van der Waals surface area contributed by atoms with E-state index in [4.69, 9.17) is 0 Å². The monoisotopic (exact) mass is 800 g/mol. The minimum atomic E-state index is 0.587. The standard InChI is InChI=1S/C58H44N2S/c1-3-16-39(17-4-1)45-25-13-18-41-19-14-27-50(57(41)45)47-22-7-10-29-53(47)59(43-34-32-40(33-35-43)46-26-15-28-51-49-24-9-12-31-56(49)61-58(46)51)44-36-37-55-52(38-44)48-23-8-11-30-54(48)60(55)42-20-5-2-6-21-42/h2,5-15,18-39H,1,3-4,16-17H2. The average Bonchev–Trinajstić information content (AvgIpc) is 3.88. The van der Waals surface area contributed by atoms with Gasteiger partial charge in [0.1, 0.15) is 0 Å². The Kier molecular flexibility index (Phi) is 8.82. The topological polar surface area (TPSA) is 8.17 Å². The lowest BCUT2D eigenvalue weighted by atomic mass is 9.80. The third-order valence-corrected chi connectivity index (χ3v) is 14.4. The van der Waals surface area contributed by atoms with Crippen molar-refractivity contribution in [3.8, 4) is 27.9 Å². The van der Waals surface area contributed by atoms with Gasteiger partial charge < -0.3 is 9.47 Å². The number of hydrogen-bond donors (Lipinski definition) is 0. The Hall–Kier alpha value is -6.94. The molecule has 1 saturated carbocycles. The van der Waals surface area contributed by atoms with Gasteiger partial charge in [0, 0.05) is 53.6 Å². The van der Waals surface area contributed by atoms with Crippen LogP contribution < -0.4 is 4.90 Å². The Morgan fingerprint density at radius 1 is 0.459 bits per heavy atom. The lowest BCUT2D eigenvalue weighted by molar-refractivity contribution is 0.445. The van der Waals surface area contributed by atoms with Crippen LogP contribution in [-0.4, -0.2) is 4.57 Å². The van der Waals surface area contributed by atoms with E-state index in [1.807, 2.05) is 11.3 Å². The third kappa shape index (κ3) is 6.06. The second-order valence-corrected chi connectivity index (χ2v) is 17.7. The number of benzene rings is 9. The van der Waals surface area contributed by atoms with Crippen LogP contribution in [0.4, 0.5) is 17.1 Å². The van der Waals surface area contributed by atoms with Crippen molar-refractivity contribution in [3.63, 3.8) is 0 Å². The number of aromatic nitrogens is 1. The van der Waals surface area contributed by atoms with Gasteiger partial charge in [-0.2, -0.15) is 0 Å². The lowest BCUT2D eigenvalue weighted by Crippen LogP contribution is -2.11. The number of hydrogen-bond acceptors (Lipinski definition) is 2. The number of para-hydroxylation sites is 3. The zero-order chi connectivity index (χ0) is 40.3. The van der Waals surface area contributed by atoms with Gasteiger partial charge in [-0.15, -0.1) is 11.3 Å². The molecular formula is C58H44N2S. The van der Waals surface area contributed by atoms with E-state index < -0.39 is 0 Å². The van der Waals surface area contributed by atoms with Gasteiger partial charge in [0.2, 0.25) is 0 Å². The van der Waals surface area contributed by atoms with Crippen LogP contribution in [0.3, 0.4) is 0 Å². The van der Waals surface area contributed by atoms with Crippen LogP contribution in [0.25, 0.3) is 80.7 Å². The fourth-order valence-corrected chi connectivity index (χ4v) is 11.6. The quantitative estimate of drug-likeness (QED) is 0.156. The smallest absolute Gasteiger partial charge is 0.0542 e. The zero-order valence-corrected chi connectivity index (χ0v) is 34.8. The number of rotatable bonds is 7. The highest BCUT2D eigenvalue weighted by Crippen LogP contribution is 2.48. The average molecular weight is 801 g/mol. The van der Waals surface area contributed by atoms with Crippen LogP contribution in [0.2, 0.25) is 0 Å². The van der Waals surface area contributed by atoms with Crippen LogP contribution in [0.15, 0.2) is 200 Å². The number of anilines is 3. The molecule has 12 rings (SSSR count). The predicted octanol–water partition coefficient (Wildman–Crippen LogP) is 17.2. The summed E-state index contributed by atoms with van der Waals surface area (Å²) in [4.78, 5) is 2.50. The third-order valence-electron chi connectivity index (χ3n) is 13.2. The molecule has 11 aromatic rings. The van der Waals surface area contributed by atoms with Crippen molar-refractivity contribution in [1.82, 2.24) is 4.57 Å². The van der Waals surface area contributed by atoms with E-state index in [9.17, 15) is 0 Å². The van der Waals surface area contributed by atoms with E-state index in [0.717, 1.165) is 17.1 Å². The molecule has 0 radical (unpaired) electrons. The van der Waals surface area contributed by atoms with Gasteiger partial charge in [-0.05, 0) is 112 Å². The number of nitrogens with zero attached hydrogens (tertiary/aromatic N) is 2. The second kappa shape index (κ2) is 15.0. The minimum absolute atomic E-state index is 0.587. The maximum Gasteiger partial charge on any atom is 0.0542 e. The van der Waals surface area contributed by atoms with E-state index >= 15 is 0 Å². The molecule has 0 spiro atoms. The van der Waals surface area contributed by atoms with E-state index in [1.165, 1.54) is 118 Å². The van der Waals surface area contributed by atoms with Gasteiger partial charge >= 0.3 is 0 Å². The molecule has 0 bridgehead atoms. The first-order valence-electron chi connectivity index (χ1n) is 21.8. The van der Waals surface area contributed by atoms with E-state index in [-0.39, 0.29) is 0 Å². The molecule has 61 heavy (non-hydrogen) atoms. The molecule has 0 amide bonds. The van der Waals surface area contributed by atoms with E-state index in [1.54, 1.807) is 0 Å². The Labute approximate surface area is 360 Å². The molecule has 0 aliphatic heterocycles. The Balaban J connectivity index is 1.07. The number of fused-ring (bicyclic) bond motifs is 7. The normalized spacial score (nSPS) is 13.5. The first-order valence-corrected chi connectivity index (χ1v) is 22.6. The summed E-state index contributed by atoms with van der Waals surface area (Å²) in [5.41, 5.74) is 13.5. The molecule has 3 heteroatoms. The summed E-state index contributed by atoms with van der Waals surface area (Å²) in [7, 11) is 0. The first-order chi connectivity index (χ1) is 30.3. The fourth-order valence-electron chi connectivity index (χ4n) is 10.4. The second-order valence-electron chi connectivity index (χ2n) is 16.7. The Morgan fingerprint density at radius 2 is 1.11 bits per heavy atom. The summed E-state index contributed by atoms with van der Waals surface area (Å²) in [6.45, 7) is 0. The van der Waals surface area contributed by atoms with Crippen molar-refractivity contribution in [1.29, 1.82) is 0 Å². The summed E-state index contributed by atoms with van der Waals surface area (Å²) < 4.78 is 5.07. The highest BCUT2D eigenvalue weighted by molar-refractivity contribution is 7.26. The van der Waals surface area contributed by atoms with Crippen LogP contribution in [0, 0.1) is 0 Å². The number of thiophene rings is 1. The van der Waals surface area contributed by atoms with E-state index in [2.05, 4.69) is 210 Å². The molecule has 1 aliphatic rings. The molecular weight excluding hydrogens is 757 g/mol. The highest BCUT2D eigenvalue weighted by Gasteiger charge is 2.24. The molecule has 2 heterocycles. The van der Waals surface area contributed by atoms with Crippen LogP contribution in [0.1, 0.15) is 43.6 Å². The molecule has 9 aromatic carbocycles. The Bertz CT molecular complexity index is 3400. The highest BCUT2D eigenvalue weighted by atomic mass is 32.1. The molecule has 292 valence electrons. The largest absolute Gasteiger partial charge is 0.310 e. The summed E-state index contributed by atoms with van der Waals surface area (Å²) in [6, 6.07) is 74.4.